The Morgan fingerprint density at radius 2 is 1.94 bits per heavy atom. The second-order valence-corrected chi connectivity index (χ2v) is 7.71. The van der Waals surface area contributed by atoms with Crippen molar-refractivity contribution in [3.63, 3.8) is 0 Å². The largest absolute Gasteiger partial charge is 0.329 e. The van der Waals surface area contributed by atoms with Gasteiger partial charge in [0, 0.05) is 23.4 Å². The molecule has 2 unspecified atom stereocenters. The second-order valence-electron chi connectivity index (χ2n) is 6.26. The summed E-state index contributed by atoms with van der Waals surface area (Å²) in [6, 6.07) is 0.775. The lowest BCUT2D eigenvalue weighted by Crippen LogP contribution is -2.59. The van der Waals surface area contributed by atoms with Crippen LogP contribution in [0.5, 0.6) is 0 Å². The average molecular weight is 270 g/mol. The Morgan fingerprint density at radius 1 is 1.28 bits per heavy atom. The van der Waals surface area contributed by atoms with E-state index in [0.717, 1.165) is 18.5 Å². The fourth-order valence-corrected chi connectivity index (χ4v) is 5.47. The van der Waals surface area contributed by atoms with E-state index in [1.807, 2.05) is 0 Å². The number of likely N-dealkylation sites (N-methyl/N-ethyl adjacent to an activating group) is 1. The molecule has 2 aliphatic rings. The molecule has 1 aliphatic carbocycles. The highest BCUT2D eigenvalue weighted by molar-refractivity contribution is 8.00. The topological polar surface area (TPSA) is 29.3 Å². The normalized spacial score (nSPS) is 41.5. The van der Waals surface area contributed by atoms with Crippen LogP contribution >= 0.6 is 11.8 Å². The van der Waals surface area contributed by atoms with Crippen molar-refractivity contribution >= 4 is 11.8 Å². The van der Waals surface area contributed by atoms with Gasteiger partial charge in [-0.15, -0.1) is 0 Å². The monoisotopic (exact) mass is 270 g/mol. The lowest BCUT2D eigenvalue weighted by molar-refractivity contribution is 0.0513. The van der Waals surface area contributed by atoms with Crippen LogP contribution in [0.25, 0.3) is 0 Å². The van der Waals surface area contributed by atoms with Crippen molar-refractivity contribution < 1.29 is 0 Å². The maximum Gasteiger partial charge on any atom is 0.0455 e. The summed E-state index contributed by atoms with van der Waals surface area (Å²) in [5.41, 5.74) is 6.44. The summed E-state index contributed by atoms with van der Waals surface area (Å²) >= 11 is 2.10. The molecule has 18 heavy (non-hydrogen) atoms. The van der Waals surface area contributed by atoms with Crippen LogP contribution in [0.2, 0.25) is 0 Å². The van der Waals surface area contributed by atoms with E-state index in [1.165, 1.54) is 44.3 Å². The van der Waals surface area contributed by atoms with E-state index in [4.69, 9.17) is 5.73 Å². The summed E-state index contributed by atoms with van der Waals surface area (Å²) in [7, 11) is 2.34. The van der Waals surface area contributed by atoms with Crippen LogP contribution in [0.15, 0.2) is 0 Å². The Bertz CT molecular complexity index is 263. The summed E-state index contributed by atoms with van der Waals surface area (Å²) in [6.45, 7) is 5.54. The molecule has 2 fully saturated rings. The quantitative estimate of drug-likeness (QED) is 0.851. The van der Waals surface area contributed by atoms with Gasteiger partial charge < -0.3 is 5.73 Å². The molecule has 1 heterocycles. The molecule has 2 atom stereocenters. The number of hydrogen-bond acceptors (Lipinski definition) is 3. The molecule has 0 radical (unpaired) electrons. The molecule has 3 heteroatoms. The molecule has 1 saturated carbocycles. The first-order valence-corrected chi connectivity index (χ1v) is 8.73. The maximum absolute atomic E-state index is 6.17. The first-order chi connectivity index (χ1) is 8.64. The van der Waals surface area contributed by atoms with Gasteiger partial charge in [0.1, 0.15) is 0 Å². The fourth-order valence-electron chi connectivity index (χ4n) is 3.95. The van der Waals surface area contributed by atoms with Crippen molar-refractivity contribution in [1.82, 2.24) is 4.90 Å². The Balaban J connectivity index is 2.00. The first-order valence-electron chi connectivity index (χ1n) is 7.68. The van der Waals surface area contributed by atoms with Crippen LogP contribution < -0.4 is 5.73 Å². The molecular formula is C15H30N2S. The van der Waals surface area contributed by atoms with Crippen LogP contribution in [-0.2, 0) is 0 Å². The number of rotatable bonds is 4. The number of nitrogens with zero attached hydrogens (tertiary/aromatic N) is 1. The number of nitrogens with two attached hydrogens (primary N) is 1. The second kappa shape index (κ2) is 6.15. The number of thioether (sulfide) groups is 1. The molecule has 2 N–H and O–H groups in total. The van der Waals surface area contributed by atoms with E-state index in [-0.39, 0.29) is 5.54 Å². The van der Waals surface area contributed by atoms with Crippen molar-refractivity contribution in [3.8, 4) is 0 Å². The molecule has 0 aromatic rings. The molecule has 0 spiro atoms. The minimum Gasteiger partial charge on any atom is -0.329 e. The van der Waals surface area contributed by atoms with Gasteiger partial charge in [0.2, 0.25) is 0 Å². The van der Waals surface area contributed by atoms with E-state index in [9.17, 15) is 0 Å². The van der Waals surface area contributed by atoms with Crippen LogP contribution in [0, 0.1) is 5.92 Å². The van der Waals surface area contributed by atoms with Crippen molar-refractivity contribution in [2.45, 2.75) is 69.2 Å². The fraction of sp³-hybridized carbons (Fsp3) is 1.00. The zero-order chi connectivity index (χ0) is 13.2. The average Bonchev–Trinajstić information content (AvgIpc) is 2.80. The molecule has 106 valence electrons. The van der Waals surface area contributed by atoms with E-state index in [2.05, 4.69) is 37.6 Å². The van der Waals surface area contributed by atoms with Gasteiger partial charge in [-0.1, -0.05) is 20.3 Å². The van der Waals surface area contributed by atoms with Crippen LogP contribution in [0.4, 0.5) is 0 Å². The van der Waals surface area contributed by atoms with Crippen molar-refractivity contribution in [3.05, 3.63) is 0 Å². The zero-order valence-corrected chi connectivity index (χ0v) is 13.1. The Hall–Kier alpha value is 0.270. The summed E-state index contributed by atoms with van der Waals surface area (Å²) in [5.74, 6) is 2.27. The Morgan fingerprint density at radius 3 is 2.39 bits per heavy atom. The van der Waals surface area contributed by atoms with E-state index < -0.39 is 0 Å². The molecule has 0 aromatic carbocycles. The molecule has 2 rings (SSSR count). The van der Waals surface area contributed by atoms with Crippen molar-refractivity contribution in [2.75, 3.05) is 19.3 Å². The minimum atomic E-state index is 0.272. The van der Waals surface area contributed by atoms with Gasteiger partial charge in [-0.3, -0.25) is 4.90 Å². The highest BCUT2D eigenvalue weighted by Crippen LogP contribution is 2.42. The smallest absolute Gasteiger partial charge is 0.0455 e. The van der Waals surface area contributed by atoms with Gasteiger partial charge in [-0.05, 0) is 50.8 Å². The predicted molar refractivity (Wildman–Crippen MR) is 82.1 cm³/mol. The minimum absolute atomic E-state index is 0.272. The zero-order valence-electron chi connectivity index (χ0n) is 12.3. The van der Waals surface area contributed by atoms with Gasteiger partial charge in [0.15, 0.2) is 0 Å². The van der Waals surface area contributed by atoms with Gasteiger partial charge in [0.05, 0.1) is 0 Å². The molecule has 0 amide bonds. The number of hydrogen-bond donors (Lipinski definition) is 1. The highest BCUT2D eigenvalue weighted by atomic mass is 32.2. The summed E-state index contributed by atoms with van der Waals surface area (Å²) in [5, 5.41) is 0.691. The van der Waals surface area contributed by atoms with Crippen molar-refractivity contribution in [1.29, 1.82) is 0 Å². The molecular weight excluding hydrogens is 240 g/mol. The van der Waals surface area contributed by atoms with Gasteiger partial charge in [-0.25, -0.2) is 0 Å². The van der Waals surface area contributed by atoms with E-state index in [0.29, 0.717) is 5.25 Å². The van der Waals surface area contributed by atoms with E-state index in [1.54, 1.807) is 0 Å². The summed E-state index contributed by atoms with van der Waals surface area (Å²) < 4.78 is 0. The SMILES string of the molecule is CCC1CCC(N(C)C2(CN)CCSC2C)CC1. The predicted octanol–water partition coefficient (Wildman–Crippen LogP) is 3.11. The first kappa shape index (κ1) is 14.7. The molecule has 1 saturated heterocycles. The lowest BCUT2D eigenvalue weighted by Gasteiger charge is -2.47. The third kappa shape index (κ3) is 2.59. The van der Waals surface area contributed by atoms with Crippen LogP contribution in [0.3, 0.4) is 0 Å². The molecule has 0 aromatic heterocycles. The van der Waals surface area contributed by atoms with E-state index >= 15 is 0 Å². The van der Waals surface area contributed by atoms with Gasteiger partial charge >= 0.3 is 0 Å². The van der Waals surface area contributed by atoms with Crippen LogP contribution in [0.1, 0.15) is 52.4 Å². The van der Waals surface area contributed by atoms with Gasteiger partial charge in [-0.2, -0.15) is 11.8 Å². The lowest BCUT2D eigenvalue weighted by atomic mass is 9.81. The third-order valence-electron chi connectivity index (χ3n) is 5.66. The Labute approximate surface area is 117 Å². The highest BCUT2D eigenvalue weighted by Gasteiger charge is 2.45. The van der Waals surface area contributed by atoms with Crippen molar-refractivity contribution in [2.24, 2.45) is 11.7 Å². The molecule has 0 bridgehead atoms. The Kier molecular flexibility index (Phi) is 5.01. The maximum atomic E-state index is 6.17. The molecule has 2 nitrogen and oxygen atoms in total. The summed E-state index contributed by atoms with van der Waals surface area (Å²) in [6.07, 6.45) is 8.26. The summed E-state index contributed by atoms with van der Waals surface area (Å²) in [4.78, 5) is 2.67. The molecule has 1 aliphatic heterocycles. The van der Waals surface area contributed by atoms with Crippen LogP contribution in [-0.4, -0.2) is 41.1 Å². The third-order valence-corrected chi connectivity index (χ3v) is 7.04. The standard InChI is InChI=1S/C15H30N2S/c1-4-13-5-7-14(8-6-13)17(3)15(11-16)9-10-18-12(15)2/h12-14H,4-11,16H2,1-3H3. The van der Waals surface area contributed by atoms with Gasteiger partial charge in [0.25, 0.3) is 0 Å².